The zero-order chi connectivity index (χ0) is 29.5. The van der Waals surface area contributed by atoms with Gasteiger partial charge >= 0.3 is 12.1 Å². The molecule has 0 spiro atoms. The lowest BCUT2D eigenvalue weighted by Crippen LogP contribution is -2.43. The van der Waals surface area contributed by atoms with Gasteiger partial charge in [0.2, 0.25) is 0 Å². The van der Waals surface area contributed by atoms with E-state index in [0.29, 0.717) is 37.0 Å². The molecule has 0 aromatic heterocycles. The Bertz CT molecular complexity index is 1290. The van der Waals surface area contributed by atoms with Crippen molar-refractivity contribution >= 4 is 35.1 Å². The summed E-state index contributed by atoms with van der Waals surface area (Å²) in [6.45, 7) is 0.818. The van der Waals surface area contributed by atoms with Crippen LogP contribution in [0.25, 0.3) is 0 Å². The first-order chi connectivity index (χ1) is 19.4. The van der Waals surface area contributed by atoms with Crippen molar-refractivity contribution in [2.75, 3.05) is 26.2 Å². The van der Waals surface area contributed by atoms with Crippen LogP contribution in [-0.4, -0.2) is 65.2 Å². The van der Waals surface area contributed by atoms with Crippen molar-refractivity contribution in [1.29, 1.82) is 0 Å². The van der Waals surface area contributed by atoms with Crippen LogP contribution < -0.4 is 4.74 Å². The number of halogens is 6. The number of rotatable bonds is 8. The van der Waals surface area contributed by atoms with Crippen molar-refractivity contribution in [3.05, 3.63) is 62.9 Å². The first kappa shape index (κ1) is 29.9. The number of carbonyl (C=O) groups is 2. The minimum atomic E-state index is -4.52. The summed E-state index contributed by atoms with van der Waals surface area (Å²) < 4.78 is 63.5. The molecule has 1 N–H and O–H groups in total. The molecule has 2 atom stereocenters. The molecule has 0 radical (unpaired) electrons. The predicted octanol–water partition coefficient (Wildman–Crippen LogP) is 7.09. The Kier molecular flexibility index (Phi) is 8.74. The van der Waals surface area contributed by atoms with E-state index in [1.54, 1.807) is 0 Å². The van der Waals surface area contributed by atoms with E-state index in [1.165, 1.54) is 40.1 Å². The van der Waals surface area contributed by atoms with Crippen molar-refractivity contribution in [3.63, 3.8) is 0 Å². The number of hydrogen-bond donors (Lipinski definition) is 1. The van der Waals surface area contributed by atoms with Crippen molar-refractivity contribution in [2.45, 2.75) is 62.7 Å². The molecule has 2 aromatic carbocycles. The van der Waals surface area contributed by atoms with Crippen molar-refractivity contribution in [3.8, 4) is 5.75 Å². The van der Waals surface area contributed by atoms with Gasteiger partial charge in [-0.2, -0.15) is 13.2 Å². The van der Waals surface area contributed by atoms with E-state index < -0.39 is 36.0 Å². The molecular weight excluding hydrogens is 587 g/mol. The van der Waals surface area contributed by atoms with Crippen molar-refractivity contribution < 1.29 is 37.0 Å². The fourth-order valence-electron chi connectivity index (χ4n) is 5.92. The summed E-state index contributed by atoms with van der Waals surface area (Å²) >= 11 is 12.0. The van der Waals surface area contributed by atoms with E-state index in [-0.39, 0.29) is 59.2 Å². The number of alkyl halides is 3. The second kappa shape index (κ2) is 12.0. The largest absolute Gasteiger partial charge is 0.493 e. The number of carbonyl (C=O) groups excluding carboxylic acids is 1. The molecule has 1 unspecified atom stereocenters. The Morgan fingerprint density at radius 3 is 2.22 bits per heavy atom. The van der Waals surface area contributed by atoms with Gasteiger partial charge in [-0.3, -0.25) is 9.69 Å². The number of ether oxygens (including phenoxy) is 1. The Labute approximate surface area is 245 Å². The fourth-order valence-corrected chi connectivity index (χ4v) is 6.46. The molecule has 1 saturated carbocycles. The number of amides is 1. The number of nitrogens with zero attached hydrogens (tertiary/aromatic N) is 2. The highest BCUT2D eigenvalue weighted by Crippen LogP contribution is 2.46. The zero-order valence-electron chi connectivity index (χ0n) is 22.1. The van der Waals surface area contributed by atoms with Gasteiger partial charge in [-0.1, -0.05) is 23.2 Å². The second-order valence-corrected chi connectivity index (χ2v) is 11.9. The SMILES string of the molecule is O=C(O)C1CCCN1C(=O)c1cc(C2CC2)c(OCC2CCN([C@@H](c3cc(Cl)cc(Cl)c3)C(F)(F)F)CC2)cc1F. The van der Waals surface area contributed by atoms with Gasteiger partial charge in [-0.05, 0) is 98.8 Å². The van der Waals surface area contributed by atoms with Crippen LogP contribution in [0.5, 0.6) is 5.75 Å². The molecule has 1 aliphatic carbocycles. The minimum Gasteiger partial charge on any atom is -0.493 e. The van der Waals surface area contributed by atoms with E-state index in [2.05, 4.69) is 0 Å². The highest BCUT2D eigenvalue weighted by molar-refractivity contribution is 6.34. The average Bonchev–Trinajstić information content (AvgIpc) is 3.61. The van der Waals surface area contributed by atoms with E-state index in [9.17, 15) is 27.9 Å². The first-order valence-corrected chi connectivity index (χ1v) is 14.4. The highest BCUT2D eigenvalue weighted by atomic mass is 35.5. The summed E-state index contributed by atoms with van der Waals surface area (Å²) in [5.41, 5.74) is 0.528. The van der Waals surface area contributed by atoms with Crippen LogP contribution in [-0.2, 0) is 4.79 Å². The average molecular weight is 617 g/mol. The van der Waals surface area contributed by atoms with Crippen LogP contribution in [0.4, 0.5) is 17.6 Å². The number of likely N-dealkylation sites (tertiary alicyclic amines) is 2. The topological polar surface area (TPSA) is 70.1 Å². The maximum Gasteiger partial charge on any atom is 0.408 e. The lowest BCUT2D eigenvalue weighted by Gasteiger charge is -2.38. The summed E-state index contributed by atoms with van der Waals surface area (Å²) in [6.07, 6.45) is -1.03. The van der Waals surface area contributed by atoms with Gasteiger partial charge in [0.15, 0.2) is 0 Å². The molecule has 2 saturated heterocycles. The molecule has 2 heterocycles. The van der Waals surface area contributed by atoms with Crippen molar-refractivity contribution in [1.82, 2.24) is 9.80 Å². The lowest BCUT2D eigenvalue weighted by atomic mass is 9.94. The summed E-state index contributed by atoms with van der Waals surface area (Å²) in [7, 11) is 0. The number of carboxylic acid groups (broad SMARTS) is 1. The molecular formula is C29H30Cl2F4N2O4. The minimum absolute atomic E-state index is 0.00695. The van der Waals surface area contributed by atoms with Gasteiger partial charge < -0.3 is 14.7 Å². The molecule has 1 amide bonds. The highest BCUT2D eigenvalue weighted by Gasteiger charge is 2.46. The van der Waals surface area contributed by atoms with E-state index >= 15 is 4.39 Å². The van der Waals surface area contributed by atoms with Crippen LogP contribution in [0.1, 0.15) is 72.0 Å². The Balaban J connectivity index is 1.25. The molecule has 2 aliphatic heterocycles. The number of aliphatic carboxylic acids is 1. The van der Waals surface area contributed by atoms with E-state index in [1.807, 2.05) is 0 Å². The molecule has 2 aromatic rings. The molecule has 222 valence electrons. The summed E-state index contributed by atoms with van der Waals surface area (Å²) in [5, 5.41) is 9.70. The molecule has 6 nitrogen and oxygen atoms in total. The quantitative estimate of drug-likeness (QED) is 0.321. The number of piperidine rings is 1. The van der Waals surface area contributed by atoms with Gasteiger partial charge in [0.05, 0.1) is 12.2 Å². The maximum absolute atomic E-state index is 15.2. The predicted molar refractivity (Wildman–Crippen MR) is 145 cm³/mol. The Morgan fingerprint density at radius 2 is 1.63 bits per heavy atom. The van der Waals surface area contributed by atoms with Crippen LogP contribution in [0.15, 0.2) is 30.3 Å². The Morgan fingerprint density at radius 1 is 0.976 bits per heavy atom. The van der Waals surface area contributed by atoms with Gasteiger partial charge in [-0.25, -0.2) is 9.18 Å². The second-order valence-electron chi connectivity index (χ2n) is 11.1. The summed E-state index contributed by atoms with van der Waals surface area (Å²) in [5.74, 6) is -2.14. The smallest absolute Gasteiger partial charge is 0.408 e. The van der Waals surface area contributed by atoms with Gasteiger partial charge in [0.1, 0.15) is 23.7 Å². The normalized spacial score (nSPS) is 21.2. The number of hydrogen-bond acceptors (Lipinski definition) is 4. The standard InChI is InChI=1S/C29H30Cl2F4N2O4/c30-19-10-18(11-20(31)12-19)26(29(33,34)35)36-8-5-16(6-9-36)15-41-25-14-23(32)22(13-21(25)17-3-4-17)27(38)37-7-1-2-24(37)28(39)40/h10-14,16-17,24,26H,1-9,15H2,(H,39,40)/t24?,26-/m0/s1. The van der Waals surface area contributed by atoms with Gasteiger partial charge in [0.25, 0.3) is 5.91 Å². The third-order valence-electron chi connectivity index (χ3n) is 8.15. The van der Waals surface area contributed by atoms with E-state index in [4.69, 9.17) is 27.9 Å². The zero-order valence-corrected chi connectivity index (χ0v) is 23.6. The summed E-state index contributed by atoms with van der Waals surface area (Å²) in [4.78, 5) is 27.2. The molecule has 3 fully saturated rings. The van der Waals surface area contributed by atoms with Gasteiger partial charge in [-0.15, -0.1) is 0 Å². The third-order valence-corrected chi connectivity index (χ3v) is 8.58. The number of carboxylic acids is 1. The molecule has 0 bridgehead atoms. The lowest BCUT2D eigenvalue weighted by molar-refractivity contribution is -0.190. The monoisotopic (exact) mass is 616 g/mol. The van der Waals surface area contributed by atoms with Crippen LogP contribution in [0.2, 0.25) is 10.0 Å². The van der Waals surface area contributed by atoms with Gasteiger partial charge in [0, 0.05) is 22.7 Å². The third kappa shape index (κ3) is 6.75. The van der Waals surface area contributed by atoms with Crippen LogP contribution in [0.3, 0.4) is 0 Å². The maximum atomic E-state index is 15.2. The van der Waals surface area contributed by atoms with Crippen LogP contribution in [0, 0.1) is 11.7 Å². The van der Waals surface area contributed by atoms with Crippen LogP contribution >= 0.6 is 23.2 Å². The molecule has 5 rings (SSSR count). The fraction of sp³-hybridized carbons (Fsp3) is 0.517. The first-order valence-electron chi connectivity index (χ1n) is 13.7. The molecule has 41 heavy (non-hydrogen) atoms. The number of benzene rings is 2. The molecule has 3 aliphatic rings. The molecule has 12 heteroatoms. The van der Waals surface area contributed by atoms with Crippen molar-refractivity contribution in [2.24, 2.45) is 5.92 Å². The van der Waals surface area contributed by atoms with E-state index in [0.717, 1.165) is 12.8 Å². The summed E-state index contributed by atoms with van der Waals surface area (Å²) in [6, 6.07) is 3.82. The Hall–Kier alpha value is -2.56.